The molecule has 168 valence electrons. The van der Waals surface area contributed by atoms with E-state index in [4.69, 9.17) is 11.6 Å². The maximum atomic E-state index is 12.9. The van der Waals surface area contributed by atoms with E-state index in [1.54, 1.807) is 18.5 Å². The Morgan fingerprint density at radius 3 is 2.56 bits per heavy atom. The summed E-state index contributed by atoms with van der Waals surface area (Å²) < 4.78 is 38.8. The average Bonchev–Trinajstić information content (AvgIpc) is 3.01. The van der Waals surface area contributed by atoms with Crippen molar-refractivity contribution in [3.05, 3.63) is 82.7 Å². The third kappa shape index (κ3) is 4.53. The van der Waals surface area contributed by atoms with Crippen molar-refractivity contribution in [1.29, 1.82) is 0 Å². The number of rotatable bonds is 4. The smallest absolute Gasteiger partial charge is 0.382 e. The number of alkyl halides is 3. The minimum Gasteiger partial charge on any atom is -0.382 e. The number of halogens is 4. The average molecular weight is 462 g/mol. The van der Waals surface area contributed by atoms with E-state index in [1.165, 1.54) is 0 Å². The second-order valence-corrected chi connectivity index (χ2v) is 8.49. The molecule has 2 heterocycles. The van der Waals surface area contributed by atoms with Crippen LogP contribution in [0.4, 0.5) is 18.9 Å². The van der Waals surface area contributed by atoms with Gasteiger partial charge in [0.2, 0.25) is 0 Å². The maximum Gasteiger partial charge on any atom is 0.471 e. The fraction of sp³-hybridized carbons (Fsp3) is 0.333. The number of nitrogens with one attached hydrogen (secondary N) is 1. The molecule has 1 aromatic heterocycles. The van der Waals surface area contributed by atoms with E-state index in [2.05, 4.69) is 22.5 Å². The maximum absolute atomic E-state index is 12.9. The summed E-state index contributed by atoms with van der Waals surface area (Å²) in [6.45, 7) is 0.582. The molecule has 2 aromatic rings. The van der Waals surface area contributed by atoms with Crippen molar-refractivity contribution in [1.82, 2.24) is 9.88 Å². The summed E-state index contributed by atoms with van der Waals surface area (Å²) in [6.07, 6.45) is 8.37. The van der Waals surface area contributed by atoms with Crippen LogP contribution in [-0.2, 0) is 23.1 Å². The van der Waals surface area contributed by atoms with Crippen molar-refractivity contribution >= 4 is 23.2 Å². The van der Waals surface area contributed by atoms with Gasteiger partial charge < -0.3 is 10.2 Å². The molecule has 0 saturated heterocycles. The second-order valence-electron chi connectivity index (χ2n) is 8.09. The molecule has 1 unspecified atom stereocenters. The highest BCUT2D eigenvalue weighted by Gasteiger charge is 2.42. The SMILES string of the molecule is O=C(N1CCc2ccc(Cl)c(NCC3(c4ccncc4)C=CC=CC3)c2CC1)C(F)(F)F. The molecule has 0 radical (unpaired) electrons. The molecular weight excluding hydrogens is 439 g/mol. The fourth-order valence-corrected chi connectivity index (χ4v) is 4.66. The predicted molar refractivity (Wildman–Crippen MR) is 119 cm³/mol. The van der Waals surface area contributed by atoms with Crippen molar-refractivity contribution in [2.24, 2.45) is 0 Å². The zero-order valence-corrected chi connectivity index (χ0v) is 18.1. The molecule has 8 heteroatoms. The van der Waals surface area contributed by atoms with E-state index >= 15 is 0 Å². The first-order valence-electron chi connectivity index (χ1n) is 10.5. The Morgan fingerprint density at radius 1 is 1.12 bits per heavy atom. The highest BCUT2D eigenvalue weighted by molar-refractivity contribution is 6.33. The molecule has 1 aliphatic heterocycles. The van der Waals surface area contributed by atoms with Gasteiger partial charge in [0.25, 0.3) is 0 Å². The Kier molecular flexibility index (Phi) is 6.29. The van der Waals surface area contributed by atoms with Gasteiger partial charge in [-0.15, -0.1) is 0 Å². The normalized spacial score (nSPS) is 20.6. The molecule has 4 rings (SSSR count). The van der Waals surface area contributed by atoms with Gasteiger partial charge >= 0.3 is 12.1 Å². The molecule has 0 fully saturated rings. The number of anilines is 1. The van der Waals surface area contributed by atoms with E-state index < -0.39 is 12.1 Å². The van der Waals surface area contributed by atoms with Crippen LogP contribution in [0, 0.1) is 0 Å². The lowest BCUT2D eigenvalue weighted by Crippen LogP contribution is -2.42. The molecule has 0 spiro atoms. The first kappa shape index (κ1) is 22.4. The summed E-state index contributed by atoms with van der Waals surface area (Å²) in [7, 11) is 0. The Labute approximate surface area is 189 Å². The number of fused-ring (bicyclic) bond motifs is 1. The van der Waals surface area contributed by atoms with Crippen LogP contribution in [0.25, 0.3) is 0 Å². The van der Waals surface area contributed by atoms with Gasteiger partial charge in [-0.3, -0.25) is 9.78 Å². The Hall–Kier alpha value is -2.80. The number of pyridine rings is 1. The summed E-state index contributed by atoms with van der Waals surface area (Å²) in [6, 6.07) is 7.57. The molecule has 4 nitrogen and oxygen atoms in total. The lowest BCUT2D eigenvalue weighted by Gasteiger charge is -2.33. The number of amides is 1. The van der Waals surface area contributed by atoms with E-state index in [9.17, 15) is 18.0 Å². The molecule has 1 aromatic carbocycles. The Bertz CT molecular complexity index is 1050. The highest BCUT2D eigenvalue weighted by atomic mass is 35.5. The van der Waals surface area contributed by atoms with E-state index in [0.29, 0.717) is 24.4 Å². The third-order valence-corrected chi connectivity index (χ3v) is 6.47. The van der Waals surface area contributed by atoms with Gasteiger partial charge in [-0.05, 0) is 54.2 Å². The molecular formula is C24H23ClF3N3O. The number of hydrogen-bond acceptors (Lipinski definition) is 3. The van der Waals surface area contributed by atoms with Crippen molar-refractivity contribution in [2.45, 2.75) is 30.9 Å². The largest absolute Gasteiger partial charge is 0.471 e. The monoisotopic (exact) mass is 461 g/mol. The lowest BCUT2D eigenvalue weighted by atomic mass is 9.75. The predicted octanol–water partition coefficient (Wildman–Crippen LogP) is 5.09. The highest BCUT2D eigenvalue weighted by Crippen LogP contribution is 2.36. The molecule has 32 heavy (non-hydrogen) atoms. The summed E-state index contributed by atoms with van der Waals surface area (Å²) in [5.41, 5.74) is 3.32. The van der Waals surface area contributed by atoms with Crippen LogP contribution in [0.2, 0.25) is 5.02 Å². The molecule has 0 saturated carbocycles. The standard InChI is InChI=1S/C24H23ClF3N3O/c25-20-5-4-17-8-14-31(22(32)24(26,27)28)15-9-19(17)21(20)30-16-23(10-2-1-3-11-23)18-6-12-29-13-7-18/h1-7,10,12-13,30H,8-9,11,14-16H2. The Morgan fingerprint density at radius 2 is 1.88 bits per heavy atom. The summed E-state index contributed by atoms with van der Waals surface area (Å²) in [5, 5.41) is 4.00. The second kappa shape index (κ2) is 8.98. The van der Waals surface area contributed by atoms with Crippen LogP contribution in [-0.4, -0.2) is 41.6 Å². The molecule has 1 aliphatic carbocycles. The summed E-state index contributed by atoms with van der Waals surface area (Å²) >= 11 is 6.53. The van der Waals surface area contributed by atoms with Gasteiger partial charge in [0.05, 0.1) is 10.7 Å². The zero-order valence-electron chi connectivity index (χ0n) is 17.3. The Balaban J connectivity index is 1.59. The molecule has 2 aliphatic rings. The molecule has 1 N–H and O–H groups in total. The fourth-order valence-electron chi connectivity index (χ4n) is 4.41. The van der Waals surface area contributed by atoms with Crippen LogP contribution in [0.5, 0.6) is 0 Å². The van der Waals surface area contributed by atoms with E-state index in [0.717, 1.165) is 33.7 Å². The zero-order chi connectivity index (χ0) is 22.8. The van der Waals surface area contributed by atoms with Gasteiger partial charge in [-0.2, -0.15) is 13.2 Å². The van der Waals surface area contributed by atoms with Gasteiger partial charge in [-0.1, -0.05) is 42.0 Å². The van der Waals surface area contributed by atoms with E-state index in [-0.39, 0.29) is 18.5 Å². The van der Waals surface area contributed by atoms with Crippen molar-refractivity contribution in [3.8, 4) is 0 Å². The van der Waals surface area contributed by atoms with Crippen LogP contribution < -0.4 is 5.32 Å². The van der Waals surface area contributed by atoms with Crippen molar-refractivity contribution < 1.29 is 18.0 Å². The number of aromatic nitrogens is 1. The number of allylic oxidation sites excluding steroid dienone is 3. The minimum absolute atomic E-state index is 0.00148. The first-order chi connectivity index (χ1) is 15.3. The first-order valence-corrected chi connectivity index (χ1v) is 10.8. The van der Waals surface area contributed by atoms with Crippen LogP contribution >= 0.6 is 11.6 Å². The number of nitrogens with zero attached hydrogens (tertiary/aromatic N) is 2. The quantitative estimate of drug-likeness (QED) is 0.689. The van der Waals surface area contributed by atoms with Gasteiger partial charge in [0.15, 0.2) is 0 Å². The van der Waals surface area contributed by atoms with Crippen molar-refractivity contribution in [2.75, 3.05) is 25.0 Å². The van der Waals surface area contributed by atoms with Gasteiger partial charge in [0.1, 0.15) is 0 Å². The molecule has 1 amide bonds. The third-order valence-electron chi connectivity index (χ3n) is 6.15. The van der Waals surface area contributed by atoms with Gasteiger partial charge in [-0.25, -0.2) is 0 Å². The lowest BCUT2D eigenvalue weighted by molar-refractivity contribution is -0.185. The van der Waals surface area contributed by atoms with Crippen LogP contribution in [0.15, 0.2) is 61.0 Å². The van der Waals surface area contributed by atoms with E-state index in [1.807, 2.05) is 30.4 Å². The van der Waals surface area contributed by atoms with Crippen LogP contribution in [0.3, 0.4) is 0 Å². The number of benzene rings is 1. The number of carbonyl (C=O) groups is 1. The molecule has 0 bridgehead atoms. The number of carbonyl (C=O) groups excluding carboxylic acids is 1. The molecule has 1 atom stereocenters. The van der Waals surface area contributed by atoms with Crippen molar-refractivity contribution in [3.63, 3.8) is 0 Å². The summed E-state index contributed by atoms with van der Waals surface area (Å²) in [4.78, 5) is 16.7. The number of hydrogen-bond donors (Lipinski definition) is 1. The van der Waals surface area contributed by atoms with Gasteiger partial charge in [0, 0.05) is 37.4 Å². The topological polar surface area (TPSA) is 45.2 Å². The summed E-state index contributed by atoms with van der Waals surface area (Å²) in [5.74, 6) is -1.79. The van der Waals surface area contributed by atoms with Crippen LogP contribution in [0.1, 0.15) is 23.1 Å². The minimum atomic E-state index is -4.87.